The van der Waals surface area contributed by atoms with Gasteiger partial charge in [0.15, 0.2) is 0 Å². The molecule has 0 fully saturated rings. The molecule has 0 spiro atoms. The minimum Gasteiger partial charge on any atom is -0.496 e. The summed E-state index contributed by atoms with van der Waals surface area (Å²) in [7, 11) is 4.99. The Kier molecular flexibility index (Phi) is 6.82. The smallest absolute Gasteiger partial charge is 0.253 e. The standard InChI is InChI=1S/C13H17Br2NO3/c1-16(7-10(14)8-18-2)13(17)9-4-5-12(19-3)11(15)6-9/h4-6,10H,7-8H2,1-3H3. The summed E-state index contributed by atoms with van der Waals surface area (Å²) in [5.41, 5.74) is 0.618. The van der Waals surface area contributed by atoms with Gasteiger partial charge in [-0.3, -0.25) is 4.79 Å². The second kappa shape index (κ2) is 7.87. The third-order valence-electron chi connectivity index (χ3n) is 2.56. The van der Waals surface area contributed by atoms with Crippen LogP contribution in [-0.2, 0) is 4.74 Å². The number of amides is 1. The molecule has 0 aliphatic rings. The van der Waals surface area contributed by atoms with Crippen LogP contribution in [0.5, 0.6) is 5.75 Å². The summed E-state index contributed by atoms with van der Waals surface area (Å²) in [6.07, 6.45) is 0. The molecule has 0 aliphatic heterocycles. The SMILES string of the molecule is COCC(Br)CN(C)C(=O)c1ccc(OC)c(Br)c1. The maximum Gasteiger partial charge on any atom is 0.253 e. The van der Waals surface area contributed by atoms with Gasteiger partial charge >= 0.3 is 0 Å². The zero-order chi connectivity index (χ0) is 14.4. The number of rotatable bonds is 6. The molecule has 1 atom stereocenters. The van der Waals surface area contributed by atoms with Crippen LogP contribution in [0.15, 0.2) is 22.7 Å². The highest BCUT2D eigenvalue weighted by Gasteiger charge is 2.16. The molecule has 6 heteroatoms. The van der Waals surface area contributed by atoms with E-state index in [0.717, 1.165) is 4.47 Å². The van der Waals surface area contributed by atoms with Crippen molar-refractivity contribution in [2.24, 2.45) is 0 Å². The molecule has 0 aromatic heterocycles. The van der Waals surface area contributed by atoms with Crippen LogP contribution in [0.2, 0.25) is 0 Å². The van der Waals surface area contributed by atoms with Crippen LogP contribution in [-0.4, -0.2) is 50.1 Å². The molecule has 0 saturated heterocycles. The largest absolute Gasteiger partial charge is 0.496 e. The summed E-state index contributed by atoms with van der Waals surface area (Å²) in [5, 5.41) is 0. The minimum atomic E-state index is -0.0380. The number of ether oxygens (including phenoxy) is 2. The van der Waals surface area contributed by atoms with Crippen molar-refractivity contribution in [3.05, 3.63) is 28.2 Å². The van der Waals surface area contributed by atoms with Gasteiger partial charge in [0, 0.05) is 26.3 Å². The van der Waals surface area contributed by atoms with E-state index in [1.165, 1.54) is 0 Å². The molecule has 1 aromatic rings. The summed E-state index contributed by atoms with van der Waals surface area (Å²) in [5.74, 6) is 0.667. The molecule has 106 valence electrons. The first-order chi connectivity index (χ1) is 8.99. The molecule has 1 unspecified atom stereocenters. The molecule has 0 heterocycles. The minimum absolute atomic E-state index is 0.0380. The van der Waals surface area contributed by atoms with Crippen LogP contribution in [0.25, 0.3) is 0 Å². The molecule has 1 amide bonds. The highest BCUT2D eigenvalue weighted by atomic mass is 79.9. The van der Waals surface area contributed by atoms with Crippen LogP contribution in [0.3, 0.4) is 0 Å². The molecular formula is C13H17Br2NO3. The summed E-state index contributed by atoms with van der Waals surface area (Å²) >= 11 is 6.84. The number of benzene rings is 1. The van der Waals surface area contributed by atoms with E-state index in [0.29, 0.717) is 24.5 Å². The van der Waals surface area contributed by atoms with E-state index in [-0.39, 0.29) is 10.7 Å². The number of carbonyl (C=O) groups is 1. The summed E-state index contributed by atoms with van der Waals surface area (Å²) in [6, 6.07) is 5.28. The van der Waals surface area contributed by atoms with Crippen LogP contribution < -0.4 is 4.74 Å². The van der Waals surface area contributed by atoms with E-state index in [1.54, 1.807) is 44.4 Å². The van der Waals surface area contributed by atoms with E-state index in [1.807, 2.05) is 0 Å². The molecule has 0 aliphatic carbocycles. The number of hydrogen-bond acceptors (Lipinski definition) is 3. The molecule has 0 saturated carbocycles. The first kappa shape index (κ1) is 16.5. The number of halogens is 2. The number of carbonyl (C=O) groups excluding carboxylic acids is 1. The monoisotopic (exact) mass is 393 g/mol. The summed E-state index contributed by atoms with van der Waals surface area (Å²) < 4.78 is 10.9. The average molecular weight is 395 g/mol. The number of methoxy groups -OCH3 is 2. The maximum absolute atomic E-state index is 12.2. The lowest BCUT2D eigenvalue weighted by molar-refractivity contribution is 0.0784. The highest BCUT2D eigenvalue weighted by molar-refractivity contribution is 9.10. The van der Waals surface area contributed by atoms with Crippen LogP contribution >= 0.6 is 31.9 Å². The topological polar surface area (TPSA) is 38.8 Å². The Hall–Kier alpha value is -0.590. The Balaban J connectivity index is 2.74. The first-order valence-corrected chi connectivity index (χ1v) is 7.42. The van der Waals surface area contributed by atoms with Crippen molar-refractivity contribution >= 4 is 37.8 Å². The van der Waals surface area contributed by atoms with Crippen molar-refractivity contribution in [2.75, 3.05) is 34.4 Å². The van der Waals surface area contributed by atoms with Gasteiger partial charge < -0.3 is 14.4 Å². The second-order valence-electron chi connectivity index (χ2n) is 4.09. The fraction of sp³-hybridized carbons (Fsp3) is 0.462. The van der Waals surface area contributed by atoms with Crippen LogP contribution in [0, 0.1) is 0 Å². The summed E-state index contributed by atoms with van der Waals surface area (Å²) in [4.78, 5) is 14.0. The van der Waals surface area contributed by atoms with E-state index >= 15 is 0 Å². The third-order valence-corrected chi connectivity index (χ3v) is 3.74. The van der Waals surface area contributed by atoms with Gasteiger partial charge in [-0.2, -0.15) is 0 Å². The van der Waals surface area contributed by atoms with Gasteiger partial charge in [0.05, 0.1) is 23.0 Å². The number of nitrogens with zero attached hydrogens (tertiary/aromatic N) is 1. The number of alkyl halides is 1. The maximum atomic E-state index is 12.2. The molecule has 4 nitrogen and oxygen atoms in total. The van der Waals surface area contributed by atoms with Gasteiger partial charge in [0.25, 0.3) is 5.91 Å². The quantitative estimate of drug-likeness (QED) is 0.696. The molecular weight excluding hydrogens is 378 g/mol. The van der Waals surface area contributed by atoms with Crippen molar-refractivity contribution < 1.29 is 14.3 Å². The highest BCUT2D eigenvalue weighted by Crippen LogP contribution is 2.26. The predicted molar refractivity (Wildman–Crippen MR) is 82.2 cm³/mol. The van der Waals surface area contributed by atoms with Gasteiger partial charge in [0.2, 0.25) is 0 Å². The van der Waals surface area contributed by atoms with Crippen LogP contribution in [0.4, 0.5) is 0 Å². The lowest BCUT2D eigenvalue weighted by Gasteiger charge is -2.20. The lowest BCUT2D eigenvalue weighted by atomic mass is 10.2. The van der Waals surface area contributed by atoms with Crippen molar-refractivity contribution in [1.29, 1.82) is 0 Å². The van der Waals surface area contributed by atoms with E-state index in [2.05, 4.69) is 31.9 Å². The zero-order valence-corrected chi connectivity index (χ0v) is 14.3. The van der Waals surface area contributed by atoms with Gasteiger partial charge in [0.1, 0.15) is 5.75 Å². The Morgan fingerprint density at radius 3 is 2.63 bits per heavy atom. The molecule has 0 N–H and O–H groups in total. The number of hydrogen-bond donors (Lipinski definition) is 0. The van der Waals surface area contributed by atoms with Gasteiger partial charge in [-0.25, -0.2) is 0 Å². The lowest BCUT2D eigenvalue weighted by Crippen LogP contribution is -2.33. The van der Waals surface area contributed by atoms with Gasteiger partial charge in [-0.15, -0.1) is 0 Å². The molecule has 0 bridgehead atoms. The molecule has 0 radical (unpaired) electrons. The predicted octanol–water partition coefficient (Wildman–Crippen LogP) is 2.94. The molecule has 19 heavy (non-hydrogen) atoms. The Labute approximate surface area is 130 Å². The Morgan fingerprint density at radius 2 is 2.11 bits per heavy atom. The van der Waals surface area contributed by atoms with E-state index in [9.17, 15) is 4.79 Å². The van der Waals surface area contributed by atoms with Crippen molar-refractivity contribution in [1.82, 2.24) is 4.90 Å². The van der Waals surface area contributed by atoms with Crippen molar-refractivity contribution in [3.63, 3.8) is 0 Å². The van der Waals surface area contributed by atoms with Gasteiger partial charge in [-0.1, -0.05) is 15.9 Å². The second-order valence-corrected chi connectivity index (χ2v) is 6.24. The van der Waals surface area contributed by atoms with Crippen molar-refractivity contribution in [3.8, 4) is 5.75 Å². The van der Waals surface area contributed by atoms with Crippen molar-refractivity contribution in [2.45, 2.75) is 4.83 Å². The average Bonchev–Trinajstić information content (AvgIpc) is 2.37. The fourth-order valence-electron chi connectivity index (χ4n) is 1.63. The third kappa shape index (κ3) is 4.78. The zero-order valence-electron chi connectivity index (χ0n) is 11.2. The van der Waals surface area contributed by atoms with Crippen LogP contribution in [0.1, 0.15) is 10.4 Å². The molecule has 1 rings (SSSR count). The van der Waals surface area contributed by atoms with E-state index < -0.39 is 0 Å². The first-order valence-electron chi connectivity index (χ1n) is 5.71. The Bertz CT molecular complexity index is 440. The summed E-state index contributed by atoms with van der Waals surface area (Å²) in [6.45, 7) is 1.14. The van der Waals surface area contributed by atoms with E-state index in [4.69, 9.17) is 9.47 Å². The van der Waals surface area contributed by atoms with Gasteiger partial charge in [-0.05, 0) is 34.1 Å². The molecule has 1 aromatic carbocycles. The fourth-order valence-corrected chi connectivity index (χ4v) is 2.87. The Morgan fingerprint density at radius 1 is 1.42 bits per heavy atom. The normalized spacial score (nSPS) is 12.1.